The van der Waals surface area contributed by atoms with Gasteiger partial charge in [0.05, 0.1) is 11.0 Å². The Labute approximate surface area is 208 Å². The predicted octanol–water partition coefficient (Wildman–Crippen LogP) is 4.13. The van der Waals surface area contributed by atoms with Crippen molar-refractivity contribution in [1.29, 1.82) is 0 Å². The van der Waals surface area contributed by atoms with Gasteiger partial charge in [-0.05, 0) is 43.2 Å². The summed E-state index contributed by atoms with van der Waals surface area (Å²) in [6, 6.07) is 13.2. The first-order chi connectivity index (χ1) is 17.4. The smallest absolute Gasteiger partial charge is 0.225 e. The van der Waals surface area contributed by atoms with Crippen molar-refractivity contribution in [2.24, 2.45) is 0 Å². The number of hydrogen-bond donors (Lipinski definition) is 2. The minimum Gasteiger partial charge on any atom is -0.326 e. The molecule has 2 fully saturated rings. The Bertz CT molecular complexity index is 1180. The van der Waals surface area contributed by atoms with E-state index in [9.17, 15) is 18.4 Å². The van der Waals surface area contributed by atoms with Gasteiger partial charge in [-0.3, -0.25) is 19.4 Å². The number of likely N-dealkylation sites (tertiary alicyclic amines) is 2. The molecule has 36 heavy (non-hydrogen) atoms. The van der Waals surface area contributed by atoms with Crippen LogP contribution in [0.4, 0.5) is 20.2 Å². The fraction of sp³-hybridized carbons (Fsp3) is 0.444. The molecule has 2 aliphatic heterocycles. The van der Waals surface area contributed by atoms with Crippen LogP contribution in [0, 0.1) is 0 Å². The highest BCUT2D eigenvalue weighted by Gasteiger charge is 2.22. The number of rotatable bonds is 8. The van der Waals surface area contributed by atoms with Crippen LogP contribution in [0.1, 0.15) is 25.7 Å². The standard InChI is InChI=1S/C27H31F2N5O2/c28-20-5-9-33(16-20)11-7-26(35)30-22-3-1-18-13-19-2-4-23(15-25(19)32-24(18)14-22)31-27(36)8-12-34-10-6-21(29)17-34/h1-4,13-15,20-21H,5-12,16-17H2,(H,30,35)(H,31,36)/t20-,21-/m1/s1. The Morgan fingerprint density at radius 2 is 1.25 bits per heavy atom. The van der Waals surface area contributed by atoms with Crippen LogP contribution < -0.4 is 10.6 Å². The molecule has 7 nitrogen and oxygen atoms in total. The highest BCUT2D eigenvalue weighted by Crippen LogP contribution is 2.25. The molecule has 2 aliphatic rings. The lowest BCUT2D eigenvalue weighted by Crippen LogP contribution is -2.26. The lowest BCUT2D eigenvalue weighted by molar-refractivity contribution is -0.117. The number of hydrogen-bond acceptors (Lipinski definition) is 5. The van der Waals surface area contributed by atoms with Gasteiger partial charge in [-0.2, -0.15) is 0 Å². The Balaban J connectivity index is 1.21. The maximum atomic E-state index is 13.3. The van der Waals surface area contributed by atoms with Crippen LogP contribution in [0.5, 0.6) is 0 Å². The summed E-state index contributed by atoms with van der Waals surface area (Å²) in [6.07, 6.45) is 0.122. The number of amides is 2. The molecular formula is C27H31F2N5O2. The van der Waals surface area contributed by atoms with Crippen LogP contribution in [0.25, 0.3) is 21.8 Å². The number of fused-ring (bicyclic) bond motifs is 2. The third-order valence-corrected chi connectivity index (χ3v) is 6.92. The van der Waals surface area contributed by atoms with E-state index in [0.717, 1.165) is 21.8 Å². The number of aromatic nitrogens is 1. The third-order valence-electron chi connectivity index (χ3n) is 6.92. The van der Waals surface area contributed by atoms with E-state index in [0.29, 0.717) is 76.3 Å². The molecule has 190 valence electrons. The molecule has 0 radical (unpaired) electrons. The van der Waals surface area contributed by atoms with Crippen molar-refractivity contribution in [3.8, 4) is 0 Å². The molecule has 2 amide bonds. The summed E-state index contributed by atoms with van der Waals surface area (Å²) in [5, 5.41) is 7.71. The number of benzene rings is 2. The SMILES string of the molecule is O=C(CCN1CC[C@@H](F)C1)Nc1ccc2cc3ccc(NC(=O)CCN4CC[C@@H](F)C4)cc3nc2c1. The van der Waals surface area contributed by atoms with Crippen LogP contribution in [-0.2, 0) is 9.59 Å². The van der Waals surface area contributed by atoms with Crippen LogP contribution in [-0.4, -0.2) is 78.2 Å². The number of nitrogens with one attached hydrogen (secondary N) is 2. The monoisotopic (exact) mass is 495 g/mol. The number of carbonyl (C=O) groups is 2. The molecule has 3 aromatic rings. The molecule has 3 heterocycles. The molecule has 2 N–H and O–H groups in total. The number of carbonyl (C=O) groups excluding carboxylic acids is 2. The molecule has 0 saturated carbocycles. The van der Waals surface area contributed by atoms with Crippen molar-refractivity contribution in [3.05, 3.63) is 42.5 Å². The zero-order valence-electron chi connectivity index (χ0n) is 20.2. The average molecular weight is 496 g/mol. The van der Waals surface area contributed by atoms with Crippen LogP contribution in [0.2, 0.25) is 0 Å². The zero-order valence-corrected chi connectivity index (χ0v) is 20.2. The number of halogens is 2. The number of pyridine rings is 1. The fourth-order valence-corrected chi connectivity index (χ4v) is 4.92. The molecule has 0 aliphatic carbocycles. The second kappa shape index (κ2) is 10.8. The van der Waals surface area contributed by atoms with Crippen molar-refractivity contribution in [3.63, 3.8) is 0 Å². The summed E-state index contributed by atoms with van der Waals surface area (Å²) in [5.41, 5.74) is 2.79. The van der Waals surface area contributed by atoms with Crippen molar-refractivity contribution in [1.82, 2.24) is 14.8 Å². The van der Waals surface area contributed by atoms with Crippen LogP contribution >= 0.6 is 0 Å². The molecule has 1 aromatic heterocycles. The molecule has 2 atom stereocenters. The van der Waals surface area contributed by atoms with E-state index in [1.807, 2.05) is 52.3 Å². The summed E-state index contributed by atoms with van der Waals surface area (Å²) >= 11 is 0. The minimum absolute atomic E-state index is 0.113. The molecule has 0 spiro atoms. The molecule has 5 rings (SSSR count). The minimum atomic E-state index is -0.788. The van der Waals surface area contributed by atoms with Gasteiger partial charge in [0.25, 0.3) is 0 Å². The highest BCUT2D eigenvalue weighted by molar-refractivity contribution is 5.99. The van der Waals surface area contributed by atoms with Gasteiger partial charge in [0.1, 0.15) is 12.3 Å². The Morgan fingerprint density at radius 1 is 0.778 bits per heavy atom. The second-order valence-electron chi connectivity index (χ2n) is 9.77. The van der Waals surface area contributed by atoms with Crippen molar-refractivity contribution >= 4 is 45.0 Å². The van der Waals surface area contributed by atoms with Crippen LogP contribution in [0.3, 0.4) is 0 Å². The van der Waals surface area contributed by atoms with Crippen molar-refractivity contribution in [2.45, 2.75) is 38.0 Å². The molecule has 9 heteroatoms. The van der Waals surface area contributed by atoms with Gasteiger partial charge in [-0.1, -0.05) is 12.1 Å². The Morgan fingerprint density at radius 3 is 1.67 bits per heavy atom. The van der Waals surface area contributed by atoms with Crippen molar-refractivity contribution in [2.75, 3.05) is 49.9 Å². The number of alkyl halides is 2. The van der Waals surface area contributed by atoms with E-state index >= 15 is 0 Å². The fourth-order valence-electron chi connectivity index (χ4n) is 4.92. The van der Waals surface area contributed by atoms with Crippen LogP contribution in [0.15, 0.2) is 42.5 Å². The van der Waals surface area contributed by atoms with E-state index in [-0.39, 0.29) is 11.8 Å². The maximum Gasteiger partial charge on any atom is 0.225 e. The summed E-state index contributed by atoms with van der Waals surface area (Å²) in [4.78, 5) is 33.5. The van der Waals surface area contributed by atoms with E-state index in [1.54, 1.807) is 0 Å². The lowest BCUT2D eigenvalue weighted by atomic mass is 10.1. The predicted molar refractivity (Wildman–Crippen MR) is 138 cm³/mol. The summed E-state index contributed by atoms with van der Waals surface area (Å²) in [5.74, 6) is -0.225. The average Bonchev–Trinajstić information content (AvgIpc) is 3.47. The van der Waals surface area contributed by atoms with Gasteiger partial charge in [0.15, 0.2) is 0 Å². The van der Waals surface area contributed by atoms with Crippen molar-refractivity contribution < 1.29 is 18.4 Å². The molecule has 0 unspecified atom stereocenters. The lowest BCUT2D eigenvalue weighted by Gasteiger charge is -2.14. The van der Waals surface area contributed by atoms with E-state index in [2.05, 4.69) is 10.6 Å². The van der Waals surface area contributed by atoms with Gasteiger partial charge >= 0.3 is 0 Å². The van der Waals surface area contributed by atoms with Gasteiger partial charge in [-0.15, -0.1) is 0 Å². The van der Waals surface area contributed by atoms with Gasteiger partial charge in [0, 0.05) is 74.3 Å². The van der Waals surface area contributed by atoms with Gasteiger partial charge < -0.3 is 10.6 Å². The first kappa shape index (κ1) is 24.5. The Hall–Kier alpha value is -3.17. The summed E-state index contributed by atoms with van der Waals surface area (Å²) in [7, 11) is 0. The quantitative estimate of drug-likeness (QED) is 0.460. The first-order valence-electron chi connectivity index (χ1n) is 12.6. The largest absolute Gasteiger partial charge is 0.326 e. The third kappa shape index (κ3) is 6.14. The topological polar surface area (TPSA) is 77.6 Å². The second-order valence-corrected chi connectivity index (χ2v) is 9.77. The van der Waals surface area contributed by atoms with E-state index in [4.69, 9.17) is 4.98 Å². The molecule has 0 bridgehead atoms. The maximum absolute atomic E-state index is 13.3. The zero-order chi connectivity index (χ0) is 25.1. The summed E-state index contributed by atoms with van der Waals surface area (Å²) in [6.45, 7) is 3.29. The number of nitrogens with zero attached hydrogens (tertiary/aromatic N) is 3. The number of anilines is 2. The van der Waals surface area contributed by atoms with E-state index < -0.39 is 12.3 Å². The Kier molecular flexibility index (Phi) is 7.38. The molecule has 2 saturated heterocycles. The van der Waals surface area contributed by atoms with E-state index in [1.165, 1.54) is 0 Å². The summed E-state index contributed by atoms with van der Waals surface area (Å²) < 4.78 is 26.6. The first-order valence-corrected chi connectivity index (χ1v) is 12.6. The highest BCUT2D eigenvalue weighted by atomic mass is 19.1. The van der Waals surface area contributed by atoms with Gasteiger partial charge in [0.2, 0.25) is 11.8 Å². The molecular weight excluding hydrogens is 464 g/mol. The van der Waals surface area contributed by atoms with Gasteiger partial charge in [-0.25, -0.2) is 13.8 Å². The molecule has 2 aromatic carbocycles. The normalized spacial score (nSPS) is 20.8.